The molecule has 2 rings (SSSR count). The second-order valence-corrected chi connectivity index (χ2v) is 6.20. The quantitative estimate of drug-likeness (QED) is 0.387. The lowest BCUT2D eigenvalue weighted by Gasteiger charge is -2.07. The van der Waals surface area contributed by atoms with Crippen LogP contribution in [0.2, 0.25) is 0 Å². The summed E-state index contributed by atoms with van der Waals surface area (Å²) in [6.07, 6.45) is 0. The van der Waals surface area contributed by atoms with Gasteiger partial charge in [0.2, 0.25) is 0 Å². The van der Waals surface area contributed by atoms with Crippen LogP contribution in [0.4, 0.5) is 0 Å². The average Bonchev–Trinajstić information content (AvgIpc) is 2.74. The molecule has 5 nitrogen and oxygen atoms in total. The normalized spacial score (nSPS) is 11.8. The molecule has 0 aliphatic rings. The summed E-state index contributed by atoms with van der Waals surface area (Å²) in [6.45, 7) is 1.84. The van der Waals surface area contributed by atoms with Gasteiger partial charge < -0.3 is 10.9 Å². The van der Waals surface area contributed by atoms with Gasteiger partial charge in [0.25, 0.3) is 0 Å². The summed E-state index contributed by atoms with van der Waals surface area (Å²) in [5.41, 5.74) is 6.33. The fourth-order valence-corrected chi connectivity index (χ4v) is 3.79. The van der Waals surface area contributed by atoms with Gasteiger partial charge in [0, 0.05) is 14.9 Å². The van der Waals surface area contributed by atoms with Gasteiger partial charge in [-0.25, -0.2) is 4.98 Å². The molecule has 0 bridgehead atoms. The van der Waals surface area contributed by atoms with E-state index in [-0.39, 0.29) is 5.84 Å². The van der Waals surface area contributed by atoms with Gasteiger partial charge in [0.1, 0.15) is 5.82 Å². The molecule has 1 aromatic carbocycles. The number of hydrogen-bond donors (Lipinski definition) is 2. The van der Waals surface area contributed by atoms with E-state index in [1.807, 2.05) is 25.1 Å². The Balaban J connectivity index is 2.41. The predicted octanol–water partition coefficient (Wildman–Crippen LogP) is 2.85. The van der Waals surface area contributed by atoms with Crippen LogP contribution in [0.25, 0.3) is 0 Å². The first-order chi connectivity index (χ1) is 8.61. The average molecular weight is 345 g/mol. The highest BCUT2D eigenvalue weighted by Gasteiger charge is 2.14. The zero-order valence-electron chi connectivity index (χ0n) is 9.29. The van der Waals surface area contributed by atoms with Crippen LogP contribution in [0.5, 0.6) is 0 Å². The molecular weight excluding hydrogens is 336 g/mol. The fourth-order valence-electron chi connectivity index (χ4n) is 1.30. The van der Waals surface area contributed by atoms with E-state index in [0.29, 0.717) is 5.56 Å². The molecule has 0 fully saturated rings. The minimum Gasteiger partial charge on any atom is -0.409 e. The number of nitrogens with two attached hydrogens (primary N) is 1. The van der Waals surface area contributed by atoms with Crippen molar-refractivity contribution in [3.63, 3.8) is 0 Å². The summed E-state index contributed by atoms with van der Waals surface area (Å²) in [4.78, 5) is 5.13. The van der Waals surface area contributed by atoms with E-state index >= 15 is 0 Å². The van der Waals surface area contributed by atoms with Crippen molar-refractivity contribution in [1.29, 1.82) is 0 Å². The molecule has 18 heavy (non-hydrogen) atoms. The van der Waals surface area contributed by atoms with Gasteiger partial charge >= 0.3 is 0 Å². The zero-order chi connectivity index (χ0) is 13.1. The largest absolute Gasteiger partial charge is 0.409 e. The number of aromatic nitrogens is 2. The van der Waals surface area contributed by atoms with Crippen molar-refractivity contribution in [2.75, 3.05) is 0 Å². The van der Waals surface area contributed by atoms with E-state index < -0.39 is 0 Å². The summed E-state index contributed by atoms with van der Waals surface area (Å²) < 4.78 is 5.70. The molecule has 1 heterocycles. The number of nitrogens with zero attached hydrogens (tertiary/aromatic N) is 3. The van der Waals surface area contributed by atoms with Crippen LogP contribution in [-0.2, 0) is 0 Å². The van der Waals surface area contributed by atoms with E-state index in [2.05, 4.69) is 30.4 Å². The summed E-state index contributed by atoms with van der Waals surface area (Å²) in [7, 11) is 0. The van der Waals surface area contributed by atoms with Crippen LogP contribution in [-0.4, -0.2) is 20.4 Å². The van der Waals surface area contributed by atoms with Crippen molar-refractivity contribution in [2.24, 2.45) is 10.9 Å². The van der Waals surface area contributed by atoms with Crippen molar-refractivity contribution < 1.29 is 5.21 Å². The smallest absolute Gasteiger partial charge is 0.174 e. The molecule has 8 heteroatoms. The van der Waals surface area contributed by atoms with E-state index in [4.69, 9.17) is 10.9 Å². The number of aryl methyl sites for hydroxylation is 1. The first-order valence-corrected chi connectivity index (χ1v) is 7.24. The Morgan fingerprint density at radius 3 is 2.94 bits per heavy atom. The van der Waals surface area contributed by atoms with Gasteiger partial charge in [0.05, 0.1) is 0 Å². The maximum atomic E-state index is 8.81. The van der Waals surface area contributed by atoms with Crippen LogP contribution in [0.1, 0.15) is 11.4 Å². The minimum absolute atomic E-state index is 0.0613. The molecular formula is C10H9BrN4OS2. The SMILES string of the molecule is Cc1nsc(Sc2cccc(Br)c2/C(N)=N/O)n1. The second-order valence-electron chi connectivity index (χ2n) is 3.31. The van der Waals surface area contributed by atoms with Crippen molar-refractivity contribution >= 4 is 45.1 Å². The summed E-state index contributed by atoms with van der Waals surface area (Å²) in [5.74, 6) is 0.800. The Kier molecular flexibility index (Phi) is 4.20. The van der Waals surface area contributed by atoms with Crippen molar-refractivity contribution in [3.8, 4) is 0 Å². The molecule has 0 spiro atoms. The van der Waals surface area contributed by atoms with E-state index in [1.54, 1.807) is 0 Å². The third-order valence-electron chi connectivity index (χ3n) is 2.05. The van der Waals surface area contributed by atoms with Crippen molar-refractivity contribution in [2.45, 2.75) is 16.2 Å². The molecule has 0 atom stereocenters. The summed E-state index contributed by atoms with van der Waals surface area (Å²) in [6, 6.07) is 5.61. The highest BCUT2D eigenvalue weighted by Crippen LogP contribution is 2.34. The highest BCUT2D eigenvalue weighted by atomic mass is 79.9. The maximum Gasteiger partial charge on any atom is 0.174 e. The monoisotopic (exact) mass is 344 g/mol. The number of hydrogen-bond acceptors (Lipinski definition) is 6. The van der Waals surface area contributed by atoms with Gasteiger partial charge in [-0.1, -0.05) is 23.0 Å². The molecule has 0 saturated heterocycles. The summed E-state index contributed by atoms with van der Waals surface area (Å²) in [5, 5.41) is 11.9. The predicted molar refractivity (Wildman–Crippen MR) is 75.4 cm³/mol. The number of halogens is 1. The molecule has 0 radical (unpaired) electrons. The van der Waals surface area contributed by atoms with E-state index in [1.165, 1.54) is 23.3 Å². The van der Waals surface area contributed by atoms with Crippen molar-refractivity contribution in [3.05, 3.63) is 34.1 Å². The fraction of sp³-hybridized carbons (Fsp3) is 0.100. The Morgan fingerprint density at radius 2 is 2.33 bits per heavy atom. The number of oxime groups is 1. The van der Waals surface area contributed by atoms with Gasteiger partial charge in [-0.05, 0) is 46.5 Å². The molecule has 1 aromatic heterocycles. The van der Waals surface area contributed by atoms with Crippen LogP contribution >= 0.6 is 39.2 Å². The maximum absolute atomic E-state index is 8.81. The Hall–Kier alpha value is -1.12. The molecule has 0 saturated carbocycles. The second kappa shape index (κ2) is 5.68. The lowest BCUT2D eigenvalue weighted by Crippen LogP contribution is -2.15. The summed E-state index contributed by atoms with van der Waals surface area (Å²) >= 11 is 6.15. The molecule has 2 aromatic rings. The van der Waals surface area contributed by atoms with Crippen LogP contribution in [0.3, 0.4) is 0 Å². The van der Waals surface area contributed by atoms with Crippen LogP contribution in [0, 0.1) is 6.92 Å². The van der Waals surface area contributed by atoms with Gasteiger partial charge in [-0.15, -0.1) is 0 Å². The number of benzene rings is 1. The van der Waals surface area contributed by atoms with Crippen LogP contribution < -0.4 is 5.73 Å². The third kappa shape index (κ3) is 2.82. The Bertz CT molecular complexity index is 599. The Labute approximate surface area is 120 Å². The molecule has 0 unspecified atom stereocenters. The molecule has 3 N–H and O–H groups in total. The number of rotatable bonds is 3. The molecule has 0 aliphatic carbocycles. The van der Waals surface area contributed by atoms with Crippen molar-refractivity contribution in [1.82, 2.24) is 9.36 Å². The molecule has 94 valence electrons. The highest BCUT2D eigenvalue weighted by molar-refractivity contribution is 9.10. The minimum atomic E-state index is 0.0613. The van der Waals surface area contributed by atoms with Gasteiger partial charge in [-0.2, -0.15) is 4.37 Å². The van der Waals surface area contributed by atoms with E-state index in [0.717, 1.165) is 19.5 Å². The van der Waals surface area contributed by atoms with E-state index in [9.17, 15) is 0 Å². The lowest BCUT2D eigenvalue weighted by atomic mass is 10.2. The Morgan fingerprint density at radius 1 is 1.56 bits per heavy atom. The standard InChI is InChI=1S/C10H9BrN4OS2/c1-5-13-10(18-15-5)17-7-4-2-3-6(11)8(7)9(12)14-16/h2-4,16H,1H3,(H2,12,14). The topological polar surface area (TPSA) is 84.4 Å². The third-order valence-corrected chi connectivity index (χ3v) is 4.61. The van der Waals surface area contributed by atoms with Gasteiger partial charge in [0.15, 0.2) is 10.2 Å². The molecule has 0 amide bonds. The number of amidine groups is 1. The van der Waals surface area contributed by atoms with Crippen LogP contribution in [0.15, 0.2) is 37.1 Å². The molecule has 0 aliphatic heterocycles. The zero-order valence-corrected chi connectivity index (χ0v) is 12.5. The van der Waals surface area contributed by atoms with Gasteiger partial charge in [-0.3, -0.25) is 0 Å². The first kappa shape index (κ1) is 13.3. The first-order valence-electron chi connectivity index (χ1n) is 4.86. The lowest BCUT2D eigenvalue weighted by molar-refractivity contribution is 0.318.